The first-order valence-corrected chi connectivity index (χ1v) is 7.62. The molecule has 1 atom stereocenters. The van der Waals surface area contributed by atoms with Crippen LogP contribution in [0.5, 0.6) is 0 Å². The number of fused-ring (bicyclic) bond motifs is 1. The van der Waals surface area contributed by atoms with E-state index in [1.807, 2.05) is 7.05 Å². The lowest BCUT2D eigenvalue weighted by atomic mass is 10.4. The Morgan fingerprint density at radius 1 is 1.44 bits per heavy atom. The van der Waals surface area contributed by atoms with E-state index in [2.05, 4.69) is 9.97 Å². The molecule has 0 bridgehead atoms. The third kappa shape index (κ3) is 2.10. The summed E-state index contributed by atoms with van der Waals surface area (Å²) < 4.78 is 26.5. The summed E-state index contributed by atoms with van der Waals surface area (Å²) in [5, 5.41) is -0.520. The van der Waals surface area contributed by atoms with E-state index >= 15 is 0 Å². The number of alkyl halides is 1. The summed E-state index contributed by atoms with van der Waals surface area (Å²) in [6.07, 6.45) is 3.47. The Balaban J connectivity index is 2.61. The second-order valence-corrected chi connectivity index (χ2v) is 6.83. The highest BCUT2D eigenvalue weighted by atomic mass is 35.5. The number of hydrogen-bond donors (Lipinski definition) is 0. The molecule has 0 saturated carbocycles. The van der Waals surface area contributed by atoms with Gasteiger partial charge in [0.2, 0.25) is 0 Å². The van der Waals surface area contributed by atoms with Gasteiger partial charge in [-0.25, -0.2) is 18.4 Å². The summed E-state index contributed by atoms with van der Waals surface area (Å²) in [6.45, 7) is 1.64. The molecule has 0 aromatic carbocycles. The van der Waals surface area contributed by atoms with Crippen LogP contribution in [0.4, 0.5) is 0 Å². The van der Waals surface area contributed by atoms with Gasteiger partial charge in [-0.3, -0.25) is 0 Å². The third-order valence-electron chi connectivity index (χ3n) is 2.92. The molecule has 2 rings (SSSR count). The van der Waals surface area contributed by atoms with Crippen molar-refractivity contribution in [1.82, 2.24) is 14.5 Å². The van der Waals surface area contributed by atoms with Crippen molar-refractivity contribution in [3.05, 3.63) is 18.6 Å². The summed E-state index contributed by atoms with van der Waals surface area (Å²) in [7, 11) is -1.67. The number of aromatic nitrogens is 3. The molecule has 1 unspecified atom stereocenters. The Kier molecular flexibility index (Phi) is 3.59. The first kappa shape index (κ1) is 13.3. The zero-order valence-electron chi connectivity index (χ0n) is 10.2. The monoisotopic (exact) mass is 287 g/mol. The average Bonchev–Trinajstić information content (AvgIpc) is 2.71. The molecule has 0 aliphatic carbocycles. The molecule has 0 radical (unpaired) electrons. The van der Waals surface area contributed by atoms with Crippen molar-refractivity contribution in [3.63, 3.8) is 0 Å². The van der Waals surface area contributed by atoms with Crippen molar-refractivity contribution in [1.29, 1.82) is 0 Å². The molecule has 2 aromatic rings. The molecule has 0 fully saturated rings. The Morgan fingerprint density at radius 2 is 2.17 bits per heavy atom. The molecule has 7 heteroatoms. The van der Waals surface area contributed by atoms with E-state index in [4.69, 9.17) is 11.6 Å². The van der Waals surface area contributed by atoms with E-state index in [0.29, 0.717) is 17.8 Å². The molecule has 0 spiro atoms. The highest BCUT2D eigenvalue weighted by Gasteiger charge is 2.27. The topological polar surface area (TPSA) is 64.8 Å². The molecule has 2 heterocycles. The van der Waals surface area contributed by atoms with Gasteiger partial charge in [0.05, 0.1) is 17.1 Å². The summed E-state index contributed by atoms with van der Waals surface area (Å²) in [5.74, 6) is 0.304. The molecule has 0 N–H and O–H groups in total. The number of nitrogens with zero attached hydrogens (tertiary/aromatic N) is 3. The highest BCUT2D eigenvalue weighted by molar-refractivity contribution is 7.92. The average molecular weight is 288 g/mol. The molecule has 0 aliphatic rings. The van der Waals surface area contributed by atoms with E-state index in [0.717, 1.165) is 5.52 Å². The van der Waals surface area contributed by atoms with Crippen LogP contribution in [-0.2, 0) is 16.9 Å². The van der Waals surface area contributed by atoms with Gasteiger partial charge in [-0.2, -0.15) is 0 Å². The fourth-order valence-corrected chi connectivity index (χ4v) is 3.65. The van der Waals surface area contributed by atoms with Crippen LogP contribution in [0.3, 0.4) is 0 Å². The minimum atomic E-state index is -3.49. The molecule has 2 aromatic heterocycles. The van der Waals surface area contributed by atoms with Gasteiger partial charge in [-0.05, 0) is 19.4 Å². The normalized spacial score (nSPS) is 13.9. The van der Waals surface area contributed by atoms with Gasteiger partial charge in [0.15, 0.2) is 14.9 Å². The lowest BCUT2D eigenvalue weighted by Gasteiger charge is -2.10. The number of pyridine rings is 1. The van der Waals surface area contributed by atoms with Gasteiger partial charge in [0.25, 0.3) is 0 Å². The fourth-order valence-electron chi connectivity index (χ4n) is 1.75. The van der Waals surface area contributed by atoms with Crippen molar-refractivity contribution >= 4 is 32.5 Å². The summed E-state index contributed by atoms with van der Waals surface area (Å²) in [5.41, 5.74) is 1.17. The first-order valence-electron chi connectivity index (χ1n) is 5.54. The van der Waals surface area contributed by atoms with Crippen molar-refractivity contribution in [2.45, 2.75) is 23.6 Å². The summed E-state index contributed by atoms with van der Waals surface area (Å²) in [4.78, 5) is 8.10. The van der Waals surface area contributed by atoms with Crippen LogP contribution in [-0.4, -0.2) is 34.1 Å². The summed E-state index contributed by atoms with van der Waals surface area (Å²) >= 11 is 5.61. The van der Waals surface area contributed by atoms with E-state index in [1.165, 1.54) is 6.20 Å². The minimum absolute atomic E-state index is 0.0400. The molecule has 0 aliphatic heterocycles. The van der Waals surface area contributed by atoms with Gasteiger partial charge in [-0.1, -0.05) is 0 Å². The predicted octanol–water partition coefficient (Wildman–Crippen LogP) is 1.76. The molecule has 18 heavy (non-hydrogen) atoms. The second-order valence-electron chi connectivity index (χ2n) is 4.17. The molecule has 98 valence electrons. The maximum absolute atomic E-state index is 12.4. The first-order chi connectivity index (χ1) is 8.48. The van der Waals surface area contributed by atoms with E-state index in [9.17, 15) is 8.42 Å². The van der Waals surface area contributed by atoms with E-state index in [1.54, 1.807) is 23.9 Å². The van der Waals surface area contributed by atoms with Gasteiger partial charge in [-0.15, -0.1) is 11.6 Å². The standard InChI is InChI=1S/C11H14ClN3O2S/c1-8(3-5-12)18(16,17)11-10-9(4-6-13-11)15(2)7-14-10/h4,6-8H,3,5H2,1-2H3. The molecule has 0 saturated heterocycles. The van der Waals surface area contributed by atoms with E-state index in [-0.39, 0.29) is 5.03 Å². The van der Waals surface area contributed by atoms with Crippen LogP contribution in [0.25, 0.3) is 11.0 Å². The maximum Gasteiger partial charge on any atom is 0.200 e. The Labute approximate surface area is 111 Å². The van der Waals surface area contributed by atoms with Gasteiger partial charge in [0, 0.05) is 19.1 Å². The van der Waals surface area contributed by atoms with Crippen LogP contribution in [0.2, 0.25) is 0 Å². The largest absolute Gasteiger partial charge is 0.334 e. The zero-order chi connectivity index (χ0) is 13.3. The lowest BCUT2D eigenvalue weighted by Crippen LogP contribution is -2.20. The highest BCUT2D eigenvalue weighted by Crippen LogP contribution is 2.23. The Morgan fingerprint density at radius 3 is 2.83 bits per heavy atom. The molecule has 5 nitrogen and oxygen atoms in total. The lowest BCUT2D eigenvalue weighted by molar-refractivity contribution is 0.578. The Hall–Kier alpha value is -1.14. The molecule has 0 amide bonds. The predicted molar refractivity (Wildman–Crippen MR) is 70.5 cm³/mol. The Bertz CT molecular complexity index is 666. The summed E-state index contributed by atoms with van der Waals surface area (Å²) in [6, 6.07) is 1.74. The van der Waals surface area contributed by atoms with Gasteiger partial charge in [0.1, 0.15) is 5.52 Å². The van der Waals surface area contributed by atoms with Crippen LogP contribution in [0.15, 0.2) is 23.6 Å². The number of rotatable bonds is 4. The smallest absolute Gasteiger partial charge is 0.200 e. The fraction of sp³-hybridized carbons (Fsp3) is 0.455. The third-order valence-corrected chi connectivity index (χ3v) is 5.28. The van der Waals surface area contributed by atoms with Crippen molar-refractivity contribution in [2.24, 2.45) is 7.05 Å². The zero-order valence-corrected chi connectivity index (χ0v) is 11.7. The number of halogens is 1. The number of hydrogen-bond acceptors (Lipinski definition) is 4. The van der Waals surface area contributed by atoms with Crippen LogP contribution in [0.1, 0.15) is 13.3 Å². The number of sulfone groups is 1. The molecular weight excluding hydrogens is 274 g/mol. The maximum atomic E-state index is 12.4. The van der Waals surface area contributed by atoms with E-state index < -0.39 is 15.1 Å². The number of imidazole rings is 1. The SMILES string of the molecule is CC(CCCl)S(=O)(=O)c1nccc2c1ncn2C. The van der Waals surface area contributed by atoms with Gasteiger partial charge >= 0.3 is 0 Å². The second kappa shape index (κ2) is 4.85. The van der Waals surface area contributed by atoms with Crippen molar-refractivity contribution in [3.8, 4) is 0 Å². The van der Waals surface area contributed by atoms with Crippen LogP contribution < -0.4 is 0 Å². The molecular formula is C11H14ClN3O2S. The van der Waals surface area contributed by atoms with Crippen molar-refractivity contribution < 1.29 is 8.42 Å². The quantitative estimate of drug-likeness (QED) is 0.804. The minimum Gasteiger partial charge on any atom is -0.334 e. The number of aryl methyl sites for hydroxylation is 1. The van der Waals surface area contributed by atoms with Crippen molar-refractivity contribution in [2.75, 3.05) is 5.88 Å². The van der Waals surface area contributed by atoms with Crippen LogP contribution in [0, 0.1) is 0 Å². The van der Waals surface area contributed by atoms with Gasteiger partial charge < -0.3 is 4.57 Å². The van der Waals surface area contributed by atoms with Crippen LogP contribution >= 0.6 is 11.6 Å².